The van der Waals surface area contributed by atoms with Gasteiger partial charge in [-0.3, -0.25) is 4.57 Å². The van der Waals surface area contributed by atoms with Crippen LogP contribution in [0.1, 0.15) is 37.7 Å². The van der Waals surface area contributed by atoms with E-state index >= 15 is 0 Å². The van der Waals surface area contributed by atoms with Crippen LogP contribution in [0.4, 0.5) is 5.82 Å². The van der Waals surface area contributed by atoms with Crippen LogP contribution >= 0.6 is 0 Å². The number of nitrogens with zero attached hydrogens (tertiary/aromatic N) is 4. The molecule has 0 unspecified atom stereocenters. The Morgan fingerprint density at radius 1 is 1.27 bits per heavy atom. The summed E-state index contributed by atoms with van der Waals surface area (Å²) in [6.07, 6.45) is 1.69. The fraction of sp³-hybridized carbons (Fsp3) is 0.588. The molecule has 2 fully saturated rings. The highest BCUT2D eigenvalue weighted by molar-refractivity contribution is 5.82. The average molecular weight is 359 g/mol. The summed E-state index contributed by atoms with van der Waals surface area (Å²) in [4.78, 5) is 12.7. The van der Waals surface area contributed by atoms with Crippen molar-refractivity contribution >= 4 is 17.0 Å². The Labute approximate surface area is 149 Å². The lowest BCUT2D eigenvalue weighted by molar-refractivity contribution is -0.0511. The van der Waals surface area contributed by atoms with Crippen LogP contribution < -0.4 is 5.73 Å². The van der Waals surface area contributed by atoms with E-state index in [-0.39, 0.29) is 11.6 Å². The summed E-state index contributed by atoms with van der Waals surface area (Å²) in [6.45, 7) is -0.406. The highest BCUT2D eigenvalue weighted by Gasteiger charge is 2.44. The van der Waals surface area contributed by atoms with Crippen LogP contribution in [0.15, 0.2) is 6.33 Å². The molecule has 2 aromatic heterocycles. The molecule has 26 heavy (non-hydrogen) atoms. The van der Waals surface area contributed by atoms with E-state index in [9.17, 15) is 15.3 Å². The standard InChI is InChI=1S/C17H21N5O4/c18-15-12-16(21-11(20-15)6-2-5-9-3-1-4-9)22(8-19-12)17-14(25)13(24)10(7-23)26-17/h8-10,13-14,17,23-25H,1,3-5,7H2,(H2,18,20,21)/t10-,13-,14-,17-/m1/s1. The molecule has 0 bridgehead atoms. The summed E-state index contributed by atoms with van der Waals surface area (Å²) in [5.41, 5.74) is 6.70. The molecule has 0 aromatic carbocycles. The van der Waals surface area contributed by atoms with E-state index in [1.165, 1.54) is 30.2 Å². The SMILES string of the molecule is Nc1nc(C#CCC2CCC2)nc2c1ncn2[C@@H]1O[C@H](CO)[C@@H](O)[C@H]1O. The van der Waals surface area contributed by atoms with Crippen molar-refractivity contribution in [3.63, 3.8) is 0 Å². The summed E-state index contributed by atoms with van der Waals surface area (Å²) >= 11 is 0. The average Bonchev–Trinajstić information content (AvgIpc) is 3.12. The van der Waals surface area contributed by atoms with Crippen LogP contribution in [-0.2, 0) is 4.74 Å². The van der Waals surface area contributed by atoms with Gasteiger partial charge in [0.15, 0.2) is 17.7 Å². The van der Waals surface area contributed by atoms with Crippen molar-refractivity contribution in [3.05, 3.63) is 12.2 Å². The molecule has 2 aliphatic rings. The molecule has 5 N–H and O–H groups in total. The fourth-order valence-electron chi connectivity index (χ4n) is 3.26. The number of aromatic nitrogens is 4. The smallest absolute Gasteiger partial charge is 0.208 e. The molecule has 1 aliphatic heterocycles. The lowest BCUT2D eigenvalue weighted by atomic mass is 9.83. The van der Waals surface area contributed by atoms with Gasteiger partial charge in [-0.2, -0.15) is 0 Å². The van der Waals surface area contributed by atoms with Gasteiger partial charge >= 0.3 is 0 Å². The zero-order chi connectivity index (χ0) is 18.3. The second-order valence-corrected chi connectivity index (χ2v) is 6.79. The summed E-state index contributed by atoms with van der Waals surface area (Å²) in [6, 6.07) is 0. The van der Waals surface area contributed by atoms with Crippen molar-refractivity contribution in [2.75, 3.05) is 12.3 Å². The van der Waals surface area contributed by atoms with Crippen LogP contribution in [0.25, 0.3) is 11.2 Å². The first-order valence-corrected chi connectivity index (χ1v) is 8.70. The molecule has 138 valence electrons. The van der Waals surface area contributed by atoms with Gasteiger partial charge in [0.25, 0.3) is 0 Å². The predicted molar refractivity (Wildman–Crippen MR) is 91.6 cm³/mol. The first kappa shape index (κ1) is 17.2. The molecule has 0 spiro atoms. The molecule has 0 radical (unpaired) electrons. The van der Waals surface area contributed by atoms with Gasteiger partial charge in [0.2, 0.25) is 5.82 Å². The van der Waals surface area contributed by atoms with E-state index < -0.39 is 31.1 Å². The normalized spacial score (nSPS) is 28.7. The van der Waals surface area contributed by atoms with E-state index in [0.29, 0.717) is 17.1 Å². The van der Waals surface area contributed by atoms with Crippen LogP contribution in [0.2, 0.25) is 0 Å². The van der Waals surface area contributed by atoms with Gasteiger partial charge in [0.05, 0.1) is 12.9 Å². The number of imidazole rings is 1. The van der Waals surface area contributed by atoms with Gasteiger partial charge < -0.3 is 25.8 Å². The molecular weight excluding hydrogens is 338 g/mol. The number of hydrogen-bond acceptors (Lipinski definition) is 8. The molecule has 9 heteroatoms. The van der Waals surface area contributed by atoms with E-state index in [1.807, 2.05) is 0 Å². The van der Waals surface area contributed by atoms with Gasteiger partial charge in [-0.15, -0.1) is 0 Å². The number of fused-ring (bicyclic) bond motifs is 1. The molecule has 0 amide bonds. The van der Waals surface area contributed by atoms with Crippen LogP contribution in [0.5, 0.6) is 0 Å². The number of ether oxygens (including phenoxy) is 1. The molecule has 1 aliphatic carbocycles. The molecule has 1 saturated carbocycles. The minimum atomic E-state index is -1.23. The van der Waals surface area contributed by atoms with Crippen LogP contribution in [0.3, 0.4) is 0 Å². The minimum Gasteiger partial charge on any atom is -0.394 e. The van der Waals surface area contributed by atoms with Crippen LogP contribution in [0, 0.1) is 17.8 Å². The van der Waals surface area contributed by atoms with Gasteiger partial charge in [0, 0.05) is 6.42 Å². The van der Waals surface area contributed by atoms with Gasteiger partial charge in [-0.25, -0.2) is 15.0 Å². The van der Waals surface area contributed by atoms with Crippen molar-refractivity contribution in [1.29, 1.82) is 0 Å². The number of aliphatic hydroxyl groups is 3. The van der Waals surface area contributed by atoms with Crippen molar-refractivity contribution in [2.24, 2.45) is 5.92 Å². The highest BCUT2D eigenvalue weighted by Crippen LogP contribution is 2.32. The Balaban J connectivity index is 1.65. The number of aliphatic hydroxyl groups excluding tert-OH is 3. The Hall–Kier alpha value is -2.25. The Kier molecular flexibility index (Phi) is 4.50. The second kappa shape index (κ2) is 6.81. The second-order valence-electron chi connectivity index (χ2n) is 6.79. The van der Waals surface area contributed by atoms with Crippen molar-refractivity contribution < 1.29 is 20.1 Å². The summed E-state index contributed by atoms with van der Waals surface area (Å²) < 4.78 is 7.02. The first-order chi connectivity index (χ1) is 12.6. The predicted octanol–water partition coefficient (Wildman–Crippen LogP) is -0.438. The van der Waals surface area contributed by atoms with Crippen molar-refractivity contribution in [3.8, 4) is 11.8 Å². The quantitative estimate of drug-likeness (QED) is 0.541. The lowest BCUT2D eigenvalue weighted by Crippen LogP contribution is -2.33. The largest absolute Gasteiger partial charge is 0.394 e. The first-order valence-electron chi connectivity index (χ1n) is 8.70. The third-order valence-electron chi connectivity index (χ3n) is 5.06. The molecule has 9 nitrogen and oxygen atoms in total. The Morgan fingerprint density at radius 3 is 2.73 bits per heavy atom. The van der Waals surface area contributed by atoms with E-state index in [0.717, 1.165) is 6.42 Å². The topological polar surface area (TPSA) is 140 Å². The number of rotatable bonds is 3. The Bertz CT molecular complexity index is 869. The molecule has 4 atom stereocenters. The van der Waals surface area contributed by atoms with E-state index in [2.05, 4.69) is 26.8 Å². The monoisotopic (exact) mass is 359 g/mol. The zero-order valence-corrected chi connectivity index (χ0v) is 14.1. The maximum Gasteiger partial charge on any atom is 0.208 e. The summed E-state index contributed by atoms with van der Waals surface area (Å²) in [5.74, 6) is 7.16. The third kappa shape index (κ3) is 2.91. The number of anilines is 1. The molecular formula is C17H21N5O4. The third-order valence-corrected chi connectivity index (χ3v) is 5.06. The van der Waals surface area contributed by atoms with E-state index in [1.54, 1.807) is 0 Å². The lowest BCUT2D eigenvalue weighted by Gasteiger charge is -2.22. The fourth-order valence-corrected chi connectivity index (χ4v) is 3.26. The van der Waals surface area contributed by atoms with Gasteiger partial charge in [-0.1, -0.05) is 12.3 Å². The summed E-state index contributed by atoms with van der Waals surface area (Å²) in [7, 11) is 0. The number of hydrogen-bond donors (Lipinski definition) is 4. The molecule has 1 saturated heterocycles. The molecule has 3 heterocycles. The maximum absolute atomic E-state index is 10.2. The number of nitrogens with two attached hydrogens (primary N) is 1. The molecule has 4 rings (SSSR count). The van der Waals surface area contributed by atoms with Crippen molar-refractivity contribution in [2.45, 2.75) is 50.2 Å². The van der Waals surface area contributed by atoms with Gasteiger partial charge in [0.1, 0.15) is 23.8 Å². The zero-order valence-electron chi connectivity index (χ0n) is 14.1. The van der Waals surface area contributed by atoms with Crippen molar-refractivity contribution in [1.82, 2.24) is 19.5 Å². The number of nitrogen functional groups attached to an aromatic ring is 1. The summed E-state index contributed by atoms with van der Waals surface area (Å²) in [5, 5.41) is 29.4. The maximum atomic E-state index is 10.2. The van der Waals surface area contributed by atoms with E-state index in [4.69, 9.17) is 10.5 Å². The van der Waals surface area contributed by atoms with Gasteiger partial charge in [-0.05, 0) is 24.7 Å². The Morgan fingerprint density at radius 2 is 2.08 bits per heavy atom. The minimum absolute atomic E-state index is 0.188. The highest BCUT2D eigenvalue weighted by atomic mass is 16.6. The molecule has 2 aromatic rings. The van der Waals surface area contributed by atoms with Crippen LogP contribution in [-0.4, -0.2) is 59.8 Å².